The van der Waals surface area contributed by atoms with Crippen molar-refractivity contribution in [1.29, 1.82) is 0 Å². The highest BCUT2D eigenvalue weighted by molar-refractivity contribution is 8.01. The fourth-order valence-electron chi connectivity index (χ4n) is 1.71. The van der Waals surface area contributed by atoms with Crippen molar-refractivity contribution < 1.29 is 14.3 Å². The zero-order chi connectivity index (χ0) is 16.8. The minimum Gasteiger partial charge on any atom is -0.426 e. The van der Waals surface area contributed by atoms with Crippen LogP contribution >= 0.6 is 34.4 Å². The molecule has 0 fully saturated rings. The molecule has 9 heteroatoms. The van der Waals surface area contributed by atoms with Gasteiger partial charge in [-0.3, -0.25) is 9.59 Å². The number of nitrogens with zero attached hydrogens (tertiary/aromatic N) is 2. The Morgan fingerprint density at radius 2 is 2.00 bits per heavy atom. The van der Waals surface area contributed by atoms with Crippen LogP contribution in [0.15, 0.2) is 51.6 Å². The molecule has 1 aromatic carbocycles. The van der Waals surface area contributed by atoms with Crippen LogP contribution in [0.3, 0.4) is 0 Å². The summed E-state index contributed by atoms with van der Waals surface area (Å²) in [5.74, 6) is 0.0484. The maximum Gasteiger partial charge on any atom is 0.321 e. The van der Waals surface area contributed by atoms with Crippen LogP contribution in [0.25, 0.3) is 0 Å². The molecule has 0 atom stereocenters. The molecule has 0 aliphatic heterocycles. The summed E-state index contributed by atoms with van der Waals surface area (Å²) in [6.45, 7) is 0. The lowest BCUT2D eigenvalue weighted by Gasteiger charge is -2.06. The van der Waals surface area contributed by atoms with E-state index in [-0.39, 0.29) is 17.6 Å². The van der Waals surface area contributed by atoms with E-state index >= 15 is 0 Å². The van der Waals surface area contributed by atoms with Gasteiger partial charge in [-0.25, -0.2) is 0 Å². The summed E-state index contributed by atoms with van der Waals surface area (Å²) in [6.07, 6.45) is 0. The molecule has 0 bridgehead atoms. The third kappa shape index (κ3) is 4.63. The van der Waals surface area contributed by atoms with Crippen LogP contribution in [-0.2, 0) is 4.79 Å². The number of hydrogen-bond acceptors (Lipinski definition) is 8. The molecule has 3 aromatic rings. The quantitative estimate of drug-likeness (QED) is 0.402. The van der Waals surface area contributed by atoms with Crippen LogP contribution in [0.1, 0.15) is 9.67 Å². The normalized spacial score (nSPS) is 10.3. The summed E-state index contributed by atoms with van der Waals surface area (Å²) in [4.78, 5) is 24.3. The standard InChI is InChI=1S/C15H11N3O3S3/c19-13(8-23-15-18-16-9-24-15)21-11-5-3-10(4-6-11)17-14(20)12-2-1-7-22-12/h1-7,9H,8H2,(H,17,20). The lowest BCUT2D eigenvalue weighted by Crippen LogP contribution is -2.11. The van der Waals surface area contributed by atoms with E-state index in [0.717, 1.165) is 4.34 Å². The molecule has 122 valence electrons. The average Bonchev–Trinajstić information content (AvgIpc) is 3.28. The number of thioether (sulfide) groups is 1. The summed E-state index contributed by atoms with van der Waals surface area (Å²) in [6, 6.07) is 10.2. The first-order chi connectivity index (χ1) is 11.7. The van der Waals surface area contributed by atoms with Gasteiger partial charge in [0.1, 0.15) is 11.3 Å². The van der Waals surface area contributed by atoms with E-state index in [1.807, 2.05) is 11.4 Å². The van der Waals surface area contributed by atoms with Gasteiger partial charge < -0.3 is 10.1 Å². The maximum absolute atomic E-state index is 11.9. The van der Waals surface area contributed by atoms with Gasteiger partial charge in [-0.05, 0) is 35.7 Å². The highest BCUT2D eigenvalue weighted by Crippen LogP contribution is 2.21. The molecule has 24 heavy (non-hydrogen) atoms. The Balaban J connectivity index is 1.50. The van der Waals surface area contributed by atoms with Gasteiger partial charge in [0.2, 0.25) is 0 Å². The summed E-state index contributed by atoms with van der Waals surface area (Å²) >= 11 is 4.02. The third-order valence-corrected chi connectivity index (χ3v) is 5.44. The largest absolute Gasteiger partial charge is 0.426 e. The number of nitrogens with one attached hydrogen (secondary N) is 1. The van der Waals surface area contributed by atoms with Crippen LogP contribution in [0, 0.1) is 0 Å². The molecular formula is C15H11N3O3S3. The molecule has 0 aliphatic rings. The Morgan fingerprint density at radius 1 is 1.17 bits per heavy atom. The monoisotopic (exact) mass is 377 g/mol. The number of thiophene rings is 1. The number of benzene rings is 1. The molecule has 6 nitrogen and oxygen atoms in total. The van der Waals surface area contributed by atoms with E-state index in [0.29, 0.717) is 16.3 Å². The van der Waals surface area contributed by atoms with Gasteiger partial charge in [0, 0.05) is 5.69 Å². The molecule has 1 N–H and O–H groups in total. The van der Waals surface area contributed by atoms with Crippen molar-refractivity contribution in [2.75, 3.05) is 11.1 Å². The topological polar surface area (TPSA) is 81.2 Å². The van der Waals surface area contributed by atoms with E-state index in [2.05, 4.69) is 15.5 Å². The molecule has 1 amide bonds. The fourth-order valence-corrected chi connectivity index (χ4v) is 3.60. The fraction of sp³-hybridized carbons (Fsp3) is 0.0667. The van der Waals surface area contributed by atoms with Gasteiger partial charge in [-0.2, -0.15) is 0 Å². The number of hydrogen-bond donors (Lipinski definition) is 1. The van der Waals surface area contributed by atoms with E-state index in [1.165, 1.54) is 34.4 Å². The minimum absolute atomic E-state index is 0.159. The Labute approximate surface area is 149 Å². The van der Waals surface area contributed by atoms with Crippen molar-refractivity contribution in [3.63, 3.8) is 0 Å². The Morgan fingerprint density at radius 3 is 2.67 bits per heavy atom. The number of carbonyl (C=O) groups excluding carboxylic acids is 2. The van der Waals surface area contributed by atoms with Crippen LogP contribution < -0.4 is 10.1 Å². The summed E-state index contributed by atoms with van der Waals surface area (Å²) in [7, 11) is 0. The van der Waals surface area contributed by atoms with E-state index in [1.54, 1.807) is 35.8 Å². The molecular weight excluding hydrogens is 366 g/mol. The van der Waals surface area contributed by atoms with Crippen molar-refractivity contribution in [2.24, 2.45) is 0 Å². The van der Waals surface area contributed by atoms with Crippen LogP contribution in [0.2, 0.25) is 0 Å². The number of aromatic nitrogens is 2. The highest BCUT2D eigenvalue weighted by atomic mass is 32.2. The van der Waals surface area contributed by atoms with Gasteiger partial charge in [0.15, 0.2) is 4.34 Å². The molecule has 3 rings (SSSR count). The third-order valence-electron chi connectivity index (χ3n) is 2.74. The first-order valence-electron chi connectivity index (χ1n) is 6.75. The summed E-state index contributed by atoms with van der Waals surface area (Å²) < 4.78 is 5.95. The predicted molar refractivity (Wildman–Crippen MR) is 95.0 cm³/mol. The molecule has 0 radical (unpaired) electrons. The second-order valence-electron chi connectivity index (χ2n) is 4.42. The molecule has 0 spiro atoms. The average molecular weight is 377 g/mol. The Hall–Kier alpha value is -2.23. The molecule has 2 aromatic heterocycles. The Bertz CT molecular complexity index is 802. The zero-order valence-corrected chi connectivity index (χ0v) is 14.6. The van der Waals surface area contributed by atoms with Crippen LogP contribution in [0.4, 0.5) is 5.69 Å². The molecule has 0 unspecified atom stereocenters. The maximum atomic E-state index is 11.9. The van der Waals surface area contributed by atoms with E-state index in [9.17, 15) is 9.59 Å². The van der Waals surface area contributed by atoms with Crippen LogP contribution in [0.5, 0.6) is 5.75 Å². The second-order valence-corrected chi connectivity index (χ2v) is 7.43. The smallest absolute Gasteiger partial charge is 0.321 e. The van der Waals surface area contributed by atoms with E-state index in [4.69, 9.17) is 4.74 Å². The van der Waals surface area contributed by atoms with Crippen molar-refractivity contribution in [3.8, 4) is 5.75 Å². The zero-order valence-electron chi connectivity index (χ0n) is 12.2. The van der Waals surface area contributed by atoms with Gasteiger partial charge in [0.25, 0.3) is 5.91 Å². The lowest BCUT2D eigenvalue weighted by atomic mass is 10.3. The number of ether oxygens (including phenoxy) is 1. The molecule has 0 aliphatic carbocycles. The molecule has 2 heterocycles. The number of esters is 1. The number of anilines is 1. The number of carbonyl (C=O) groups is 2. The van der Waals surface area contributed by atoms with Gasteiger partial charge in [-0.15, -0.1) is 21.5 Å². The lowest BCUT2D eigenvalue weighted by molar-refractivity contribution is -0.131. The molecule has 0 saturated carbocycles. The minimum atomic E-state index is -0.370. The first kappa shape index (κ1) is 16.6. The van der Waals surface area contributed by atoms with Gasteiger partial charge in [0.05, 0.1) is 10.6 Å². The van der Waals surface area contributed by atoms with Crippen LogP contribution in [-0.4, -0.2) is 27.8 Å². The summed E-state index contributed by atoms with van der Waals surface area (Å²) in [5.41, 5.74) is 2.24. The predicted octanol–water partition coefficient (Wildman–Crippen LogP) is 3.55. The molecule has 0 saturated heterocycles. The Kier molecular flexibility index (Phi) is 5.57. The second kappa shape index (κ2) is 8.04. The van der Waals surface area contributed by atoms with Crippen molar-refractivity contribution >= 4 is 52.0 Å². The van der Waals surface area contributed by atoms with Crippen molar-refractivity contribution in [3.05, 3.63) is 52.2 Å². The first-order valence-corrected chi connectivity index (χ1v) is 9.50. The number of amides is 1. The summed E-state index contributed by atoms with van der Waals surface area (Å²) in [5, 5.41) is 12.2. The van der Waals surface area contributed by atoms with E-state index < -0.39 is 0 Å². The van der Waals surface area contributed by atoms with Gasteiger partial charge >= 0.3 is 5.97 Å². The van der Waals surface area contributed by atoms with Crippen molar-refractivity contribution in [1.82, 2.24) is 10.2 Å². The van der Waals surface area contributed by atoms with Crippen molar-refractivity contribution in [2.45, 2.75) is 4.34 Å². The van der Waals surface area contributed by atoms with Gasteiger partial charge in [-0.1, -0.05) is 29.2 Å². The highest BCUT2D eigenvalue weighted by Gasteiger charge is 2.09. The SMILES string of the molecule is O=C(CSc1nncs1)Oc1ccc(NC(=O)c2cccs2)cc1. The number of rotatable bonds is 6.